The van der Waals surface area contributed by atoms with E-state index in [0.717, 1.165) is 38.3 Å². The number of piperidine rings is 1. The van der Waals surface area contributed by atoms with Crippen molar-refractivity contribution < 1.29 is 13.2 Å². The summed E-state index contributed by atoms with van der Waals surface area (Å²) < 4.78 is 29.1. The lowest BCUT2D eigenvalue weighted by molar-refractivity contribution is 0.0467. The van der Waals surface area contributed by atoms with Crippen LogP contribution in [0.4, 0.5) is 5.69 Å². The number of nitrogens with zero attached hydrogens (tertiary/aromatic N) is 2. The summed E-state index contributed by atoms with van der Waals surface area (Å²) in [6.07, 6.45) is 6.57. The Kier molecular flexibility index (Phi) is 5.79. The molecule has 0 spiro atoms. The van der Waals surface area contributed by atoms with Crippen LogP contribution in [0.1, 0.15) is 25.7 Å². The second-order valence-corrected chi connectivity index (χ2v) is 8.91. The third-order valence-corrected chi connectivity index (χ3v) is 6.11. The average molecular weight is 353 g/mol. The van der Waals surface area contributed by atoms with Crippen LogP contribution in [0.3, 0.4) is 0 Å². The number of sulfone groups is 1. The van der Waals surface area contributed by atoms with E-state index in [1.165, 1.54) is 38.6 Å². The molecule has 0 saturated carbocycles. The molecule has 0 aliphatic carbocycles. The number of likely N-dealkylation sites (tertiary alicyclic amines) is 1. The van der Waals surface area contributed by atoms with E-state index < -0.39 is 9.84 Å². The minimum Gasteiger partial charge on any atom is -0.375 e. The van der Waals surface area contributed by atoms with E-state index in [9.17, 15) is 8.42 Å². The second kappa shape index (κ2) is 7.85. The van der Waals surface area contributed by atoms with Gasteiger partial charge in [-0.05, 0) is 56.6 Å². The highest BCUT2D eigenvalue weighted by molar-refractivity contribution is 7.90. The lowest BCUT2D eigenvalue weighted by Crippen LogP contribution is -2.34. The lowest BCUT2D eigenvalue weighted by Gasteiger charge is -2.26. The van der Waals surface area contributed by atoms with Crippen molar-refractivity contribution in [3.63, 3.8) is 0 Å². The molecule has 3 rings (SSSR count). The van der Waals surface area contributed by atoms with Gasteiger partial charge in [-0.3, -0.25) is 0 Å². The van der Waals surface area contributed by atoms with Crippen LogP contribution < -0.4 is 4.90 Å². The molecule has 6 heteroatoms. The Morgan fingerprint density at radius 1 is 1.08 bits per heavy atom. The first-order valence-electron chi connectivity index (χ1n) is 8.91. The molecule has 0 aromatic heterocycles. The molecule has 2 aliphatic rings. The molecule has 1 aromatic carbocycles. The van der Waals surface area contributed by atoms with Crippen molar-refractivity contribution in [2.45, 2.75) is 36.7 Å². The summed E-state index contributed by atoms with van der Waals surface area (Å²) in [6, 6.07) is 7.17. The van der Waals surface area contributed by atoms with Crippen LogP contribution >= 0.6 is 0 Å². The first-order chi connectivity index (χ1) is 11.5. The fourth-order valence-electron chi connectivity index (χ4n) is 3.53. The molecule has 1 atom stereocenters. The molecular weight excluding hydrogens is 324 g/mol. The van der Waals surface area contributed by atoms with Gasteiger partial charge in [-0.1, -0.05) is 6.42 Å². The quantitative estimate of drug-likeness (QED) is 0.785. The summed E-state index contributed by atoms with van der Waals surface area (Å²) in [5, 5.41) is 0. The van der Waals surface area contributed by atoms with E-state index in [0.29, 0.717) is 4.90 Å². The lowest BCUT2D eigenvalue weighted by atomic mass is 10.1. The molecule has 2 heterocycles. The van der Waals surface area contributed by atoms with E-state index in [-0.39, 0.29) is 6.10 Å². The van der Waals surface area contributed by atoms with Gasteiger partial charge in [0.2, 0.25) is 0 Å². The Bertz CT molecular complexity index is 624. The van der Waals surface area contributed by atoms with Crippen molar-refractivity contribution in [2.75, 3.05) is 50.5 Å². The summed E-state index contributed by atoms with van der Waals surface area (Å²) >= 11 is 0. The van der Waals surface area contributed by atoms with E-state index in [2.05, 4.69) is 9.80 Å². The zero-order valence-electron chi connectivity index (χ0n) is 14.5. The zero-order valence-corrected chi connectivity index (χ0v) is 15.3. The van der Waals surface area contributed by atoms with Gasteiger partial charge in [0.1, 0.15) is 0 Å². The van der Waals surface area contributed by atoms with E-state index in [1.54, 1.807) is 12.1 Å². The van der Waals surface area contributed by atoms with Crippen LogP contribution in [0, 0.1) is 0 Å². The predicted molar refractivity (Wildman–Crippen MR) is 96.4 cm³/mol. The van der Waals surface area contributed by atoms with Gasteiger partial charge in [-0.15, -0.1) is 0 Å². The molecule has 24 heavy (non-hydrogen) atoms. The summed E-state index contributed by atoms with van der Waals surface area (Å²) in [5.41, 5.74) is 1.07. The Labute approximate surface area is 145 Å². The van der Waals surface area contributed by atoms with Crippen molar-refractivity contribution in [2.24, 2.45) is 0 Å². The van der Waals surface area contributed by atoms with Crippen molar-refractivity contribution in [1.29, 1.82) is 0 Å². The minimum absolute atomic E-state index is 0.282. The first kappa shape index (κ1) is 17.7. The van der Waals surface area contributed by atoms with Crippen molar-refractivity contribution in [3.8, 4) is 0 Å². The molecule has 2 aliphatic heterocycles. The molecule has 1 unspecified atom stereocenters. The molecule has 0 radical (unpaired) electrons. The number of ether oxygens (including phenoxy) is 1. The maximum absolute atomic E-state index is 11.5. The maximum atomic E-state index is 11.5. The Morgan fingerprint density at radius 2 is 1.79 bits per heavy atom. The minimum atomic E-state index is -3.12. The smallest absolute Gasteiger partial charge is 0.175 e. The van der Waals surface area contributed by atoms with E-state index in [1.807, 2.05) is 12.1 Å². The zero-order chi connectivity index (χ0) is 17.0. The van der Waals surface area contributed by atoms with Crippen LogP contribution in [-0.2, 0) is 14.6 Å². The Hall–Kier alpha value is -1.11. The fraction of sp³-hybridized carbons (Fsp3) is 0.667. The third kappa shape index (κ3) is 4.71. The standard InChI is InChI=1S/C18H28N2O3S/c1-24(21,22)18-7-5-16(6-8-18)20-12-9-17(15-20)23-14-13-19-10-3-2-4-11-19/h5-8,17H,2-4,9-15H2,1H3. The van der Waals surface area contributed by atoms with Gasteiger partial charge >= 0.3 is 0 Å². The number of hydrogen-bond donors (Lipinski definition) is 0. The fourth-order valence-corrected chi connectivity index (χ4v) is 4.16. The Balaban J connectivity index is 1.45. The number of hydrogen-bond acceptors (Lipinski definition) is 5. The van der Waals surface area contributed by atoms with Gasteiger partial charge in [0.15, 0.2) is 9.84 Å². The molecule has 1 aromatic rings. The highest BCUT2D eigenvalue weighted by Gasteiger charge is 2.23. The topological polar surface area (TPSA) is 49.9 Å². The van der Waals surface area contributed by atoms with Crippen molar-refractivity contribution in [3.05, 3.63) is 24.3 Å². The summed E-state index contributed by atoms with van der Waals surface area (Å²) in [5.74, 6) is 0. The van der Waals surface area contributed by atoms with Crippen LogP contribution in [-0.4, -0.2) is 65.0 Å². The average Bonchev–Trinajstić information content (AvgIpc) is 3.04. The molecule has 0 bridgehead atoms. The van der Waals surface area contributed by atoms with Gasteiger partial charge in [-0.2, -0.15) is 0 Å². The number of benzene rings is 1. The maximum Gasteiger partial charge on any atom is 0.175 e. The summed E-state index contributed by atoms with van der Waals surface area (Å²) in [7, 11) is -3.12. The van der Waals surface area contributed by atoms with Gasteiger partial charge in [0.25, 0.3) is 0 Å². The van der Waals surface area contributed by atoms with Crippen LogP contribution in [0.25, 0.3) is 0 Å². The SMILES string of the molecule is CS(=O)(=O)c1ccc(N2CCC(OCCN3CCCCC3)C2)cc1. The highest BCUT2D eigenvalue weighted by atomic mass is 32.2. The molecule has 0 amide bonds. The molecule has 0 N–H and O–H groups in total. The predicted octanol–water partition coefficient (Wildman–Crippen LogP) is 2.17. The summed E-state index contributed by atoms with van der Waals surface area (Å²) in [6.45, 7) is 6.13. The third-order valence-electron chi connectivity index (χ3n) is 4.98. The van der Waals surface area contributed by atoms with Gasteiger partial charge in [0, 0.05) is 31.6 Å². The normalized spacial score (nSPS) is 22.9. The van der Waals surface area contributed by atoms with Crippen LogP contribution in [0.15, 0.2) is 29.2 Å². The highest BCUT2D eigenvalue weighted by Crippen LogP contribution is 2.23. The van der Waals surface area contributed by atoms with Crippen molar-refractivity contribution in [1.82, 2.24) is 4.90 Å². The van der Waals surface area contributed by atoms with Gasteiger partial charge in [-0.25, -0.2) is 8.42 Å². The van der Waals surface area contributed by atoms with Crippen molar-refractivity contribution >= 4 is 15.5 Å². The first-order valence-corrected chi connectivity index (χ1v) is 10.8. The molecule has 2 saturated heterocycles. The Morgan fingerprint density at radius 3 is 2.46 bits per heavy atom. The second-order valence-electron chi connectivity index (χ2n) is 6.90. The van der Waals surface area contributed by atoms with Crippen LogP contribution in [0.5, 0.6) is 0 Å². The number of anilines is 1. The largest absolute Gasteiger partial charge is 0.375 e. The molecule has 2 fully saturated rings. The molecule has 134 valence electrons. The van der Waals surface area contributed by atoms with E-state index in [4.69, 9.17) is 4.74 Å². The number of rotatable bonds is 6. The van der Waals surface area contributed by atoms with Gasteiger partial charge < -0.3 is 14.5 Å². The van der Waals surface area contributed by atoms with Gasteiger partial charge in [0.05, 0.1) is 17.6 Å². The van der Waals surface area contributed by atoms with Crippen LogP contribution in [0.2, 0.25) is 0 Å². The van der Waals surface area contributed by atoms with E-state index >= 15 is 0 Å². The summed E-state index contributed by atoms with van der Waals surface area (Å²) in [4.78, 5) is 5.15. The molecular formula is C18H28N2O3S. The molecule has 5 nitrogen and oxygen atoms in total. The monoisotopic (exact) mass is 352 g/mol.